The molecule has 0 aliphatic rings. The minimum absolute atomic E-state index is 0.0667. The van der Waals surface area contributed by atoms with E-state index in [9.17, 15) is 13.2 Å². The van der Waals surface area contributed by atoms with Crippen molar-refractivity contribution < 1.29 is 13.2 Å². The van der Waals surface area contributed by atoms with Gasteiger partial charge in [0, 0.05) is 17.4 Å². The Labute approximate surface area is 198 Å². The molecule has 1 N–H and O–H groups in total. The van der Waals surface area contributed by atoms with E-state index in [-0.39, 0.29) is 23.8 Å². The van der Waals surface area contributed by atoms with Gasteiger partial charge in [-0.25, -0.2) is 13.4 Å². The molecule has 5 nitrogen and oxygen atoms in total. The van der Waals surface area contributed by atoms with E-state index in [2.05, 4.69) is 34.6 Å². The van der Waals surface area contributed by atoms with Gasteiger partial charge in [0.15, 0.2) is 15.0 Å². The quantitative estimate of drug-likeness (QED) is 0.354. The van der Waals surface area contributed by atoms with E-state index in [4.69, 9.17) is 0 Å². The lowest BCUT2D eigenvalue weighted by Gasteiger charge is -2.05. The highest BCUT2D eigenvalue weighted by Crippen LogP contribution is 2.26. The van der Waals surface area contributed by atoms with Gasteiger partial charge in [0.2, 0.25) is 5.91 Å². The maximum Gasteiger partial charge on any atom is 0.227 e. The molecule has 4 aromatic rings. The average molecular weight is 477 g/mol. The molecule has 1 aromatic heterocycles. The van der Waals surface area contributed by atoms with Crippen LogP contribution in [0.3, 0.4) is 0 Å². The molecule has 4 rings (SSSR count). The summed E-state index contributed by atoms with van der Waals surface area (Å²) in [5.41, 5.74) is 4.93. The number of hydrogen-bond donors (Lipinski definition) is 1. The van der Waals surface area contributed by atoms with Gasteiger partial charge in [-0.15, -0.1) is 11.3 Å². The molecular formula is C26H24N2O3S2. The van der Waals surface area contributed by atoms with Crippen molar-refractivity contribution in [2.45, 2.75) is 18.6 Å². The molecule has 3 aromatic carbocycles. The van der Waals surface area contributed by atoms with Crippen LogP contribution in [0.2, 0.25) is 0 Å². The number of nitrogens with zero attached hydrogens (tertiary/aromatic N) is 1. The number of anilines is 1. The van der Waals surface area contributed by atoms with Crippen LogP contribution in [0.1, 0.15) is 23.1 Å². The number of benzene rings is 3. The van der Waals surface area contributed by atoms with Crippen LogP contribution in [0.25, 0.3) is 11.3 Å². The average Bonchev–Trinajstić information content (AvgIpc) is 3.28. The van der Waals surface area contributed by atoms with Crippen molar-refractivity contribution in [3.8, 4) is 11.3 Å². The van der Waals surface area contributed by atoms with E-state index >= 15 is 0 Å². The third-order valence-electron chi connectivity index (χ3n) is 5.12. The Morgan fingerprint density at radius 2 is 1.42 bits per heavy atom. The number of sulfone groups is 1. The van der Waals surface area contributed by atoms with Gasteiger partial charge in [0.05, 0.1) is 17.2 Å². The molecule has 0 aliphatic carbocycles. The zero-order valence-corrected chi connectivity index (χ0v) is 19.6. The first-order valence-corrected chi connectivity index (χ1v) is 13.3. The first-order valence-electron chi connectivity index (χ1n) is 10.6. The van der Waals surface area contributed by atoms with Crippen LogP contribution in [0.15, 0.2) is 90.3 Å². The molecule has 0 aliphatic heterocycles. The van der Waals surface area contributed by atoms with E-state index in [1.165, 1.54) is 22.5 Å². The van der Waals surface area contributed by atoms with Gasteiger partial charge < -0.3 is 5.32 Å². The van der Waals surface area contributed by atoms with Crippen molar-refractivity contribution in [3.63, 3.8) is 0 Å². The maximum absolute atomic E-state index is 12.3. The van der Waals surface area contributed by atoms with E-state index in [1.807, 2.05) is 41.8 Å². The molecule has 0 spiro atoms. The second-order valence-corrected chi connectivity index (χ2v) is 10.8. The summed E-state index contributed by atoms with van der Waals surface area (Å²) in [5.74, 6) is -0.622. The topological polar surface area (TPSA) is 76.1 Å². The Morgan fingerprint density at radius 3 is 2.09 bits per heavy atom. The van der Waals surface area contributed by atoms with Crippen LogP contribution >= 0.6 is 11.3 Å². The zero-order valence-electron chi connectivity index (χ0n) is 18.0. The monoisotopic (exact) mass is 476 g/mol. The molecule has 1 heterocycles. The number of amides is 1. The molecule has 7 heteroatoms. The van der Waals surface area contributed by atoms with E-state index in [0.29, 0.717) is 5.13 Å². The van der Waals surface area contributed by atoms with Crippen LogP contribution in [0.5, 0.6) is 0 Å². The lowest BCUT2D eigenvalue weighted by Crippen LogP contribution is -2.18. The van der Waals surface area contributed by atoms with E-state index < -0.39 is 9.84 Å². The van der Waals surface area contributed by atoms with Gasteiger partial charge >= 0.3 is 0 Å². The van der Waals surface area contributed by atoms with Crippen LogP contribution in [0, 0.1) is 0 Å². The maximum atomic E-state index is 12.3. The summed E-state index contributed by atoms with van der Waals surface area (Å²) in [6.45, 7) is 0. The number of rotatable bonds is 9. The molecule has 0 unspecified atom stereocenters. The van der Waals surface area contributed by atoms with Crippen molar-refractivity contribution in [1.29, 1.82) is 0 Å². The number of thiazole rings is 1. The summed E-state index contributed by atoms with van der Waals surface area (Å²) in [7, 11) is -3.36. The van der Waals surface area contributed by atoms with Gasteiger partial charge in [-0.2, -0.15) is 0 Å². The highest BCUT2D eigenvalue weighted by molar-refractivity contribution is 7.90. The van der Waals surface area contributed by atoms with Crippen molar-refractivity contribution in [3.05, 3.63) is 107 Å². The molecular weight excluding hydrogens is 452 g/mol. The number of hydrogen-bond acceptors (Lipinski definition) is 5. The van der Waals surface area contributed by atoms with Crippen molar-refractivity contribution in [2.24, 2.45) is 0 Å². The van der Waals surface area contributed by atoms with Gasteiger partial charge in [-0.05, 0) is 23.1 Å². The standard InChI is InChI=1S/C26H24N2O3S2/c29-25(15-16-33(30,31)19-22-9-5-2-6-10-22)28-26-27-24(18-32-26)23-13-11-21(12-14-23)17-20-7-3-1-4-8-20/h1-14,18H,15-17,19H2,(H,27,28,29). The van der Waals surface area contributed by atoms with Crippen molar-refractivity contribution in [2.75, 3.05) is 11.1 Å². The minimum Gasteiger partial charge on any atom is -0.302 e. The van der Waals surface area contributed by atoms with Gasteiger partial charge in [-0.1, -0.05) is 84.9 Å². The SMILES string of the molecule is O=C(CCS(=O)(=O)Cc1ccccc1)Nc1nc(-c2ccc(Cc3ccccc3)cc2)cs1. The summed E-state index contributed by atoms with van der Waals surface area (Å²) in [6.07, 6.45) is 0.769. The summed E-state index contributed by atoms with van der Waals surface area (Å²) in [4.78, 5) is 16.8. The third kappa shape index (κ3) is 6.84. The van der Waals surface area contributed by atoms with Gasteiger partial charge in [-0.3, -0.25) is 4.79 Å². The Kier molecular flexibility index (Phi) is 7.32. The smallest absolute Gasteiger partial charge is 0.227 e. The summed E-state index contributed by atoms with van der Waals surface area (Å²) < 4.78 is 24.6. The van der Waals surface area contributed by atoms with Crippen LogP contribution in [0.4, 0.5) is 5.13 Å². The number of nitrogens with one attached hydrogen (secondary N) is 1. The number of aromatic nitrogens is 1. The highest BCUT2D eigenvalue weighted by atomic mass is 32.2. The Hall–Kier alpha value is -3.29. The Bertz CT molecular complexity index is 1300. The van der Waals surface area contributed by atoms with Gasteiger partial charge in [0.1, 0.15) is 0 Å². The minimum atomic E-state index is -3.36. The Balaban J connectivity index is 1.30. The Morgan fingerprint density at radius 1 is 0.818 bits per heavy atom. The number of carbonyl (C=O) groups is 1. The zero-order chi connectivity index (χ0) is 23.1. The third-order valence-corrected chi connectivity index (χ3v) is 7.48. The lowest BCUT2D eigenvalue weighted by atomic mass is 10.0. The molecule has 0 bridgehead atoms. The largest absolute Gasteiger partial charge is 0.302 e. The molecule has 0 radical (unpaired) electrons. The van der Waals surface area contributed by atoms with Crippen LogP contribution < -0.4 is 5.32 Å². The van der Waals surface area contributed by atoms with Crippen LogP contribution in [-0.4, -0.2) is 25.1 Å². The van der Waals surface area contributed by atoms with Gasteiger partial charge in [0.25, 0.3) is 0 Å². The van der Waals surface area contributed by atoms with E-state index in [1.54, 1.807) is 24.3 Å². The fourth-order valence-corrected chi connectivity index (χ4v) is 5.50. The molecule has 0 saturated carbocycles. The first-order chi connectivity index (χ1) is 16.0. The normalized spacial score (nSPS) is 11.3. The fourth-order valence-electron chi connectivity index (χ4n) is 3.42. The predicted molar refractivity (Wildman–Crippen MR) is 134 cm³/mol. The molecule has 0 atom stereocenters. The van der Waals surface area contributed by atoms with Crippen LogP contribution in [-0.2, 0) is 26.8 Å². The second kappa shape index (κ2) is 10.6. The molecule has 1 amide bonds. The fraction of sp³-hybridized carbons (Fsp3) is 0.154. The summed E-state index contributed by atoms with van der Waals surface area (Å²) in [5, 5.41) is 5.06. The highest BCUT2D eigenvalue weighted by Gasteiger charge is 2.15. The molecule has 0 fully saturated rings. The van der Waals surface area contributed by atoms with E-state index in [0.717, 1.165) is 23.2 Å². The van der Waals surface area contributed by atoms with Crippen molar-refractivity contribution >= 4 is 32.2 Å². The van der Waals surface area contributed by atoms with Crippen molar-refractivity contribution in [1.82, 2.24) is 4.98 Å². The molecule has 168 valence electrons. The molecule has 0 saturated heterocycles. The second-order valence-electron chi connectivity index (χ2n) is 7.77. The first kappa shape index (κ1) is 22.9. The molecule has 33 heavy (non-hydrogen) atoms. The summed E-state index contributed by atoms with van der Waals surface area (Å²) in [6, 6.07) is 27.5. The lowest BCUT2D eigenvalue weighted by molar-refractivity contribution is -0.115. The summed E-state index contributed by atoms with van der Waals surface area (Å²) >= 11 is 1.32. The number of carbonyl (C=O) groups excluding carboxylic acids is 1. The predicted octanol–water partition coefficient (Wildman–Crippen LogP) is 5.34.